The zero-order chi connectivity index (χ0) is 16.3. The lowest BCUT2D eigenvalue weighted by atomic mass is 9.85. The van der Waals surface area contributed by atoms with E-state index in [0.717, 1.165) is 41.3 Å². The van der Waals surface area contributed by atoms with Gasteiger partial charge in [-0.25, -0.2) is 4.98 Å². The zero-order valence-corrected chi connectivity index (χ0v) is 14.0. The summed E-state index contributed by atoms with van der Waals surface area (Å²) in [4.78, 5) is 4.90. The average molecular weight is 305 g/mol. The number of oxazole rings is 1. The van der Waals surface area contributed by atoms with Gasteiger partial charge in [0, 0.05) is 16.5 Å². The van der Waals surface area contributed by atoms with Crippen molar-refractivity contribution < 1.29 is 4.42 Å². The van der Waals surface area contributed by atoms with Gasteiger partial charge in [-0.2, -0.15) is 0 Å². The van der Waals surface area contributed by atoms with Gasteiger partial charge >= 0.3 is 0 Å². The molecule has 2 nitrogen and oxygen atoms in total. The molecule has 2 aromatic carbocycles. The van der Waals surface area contributed by atoms with Gasteiger partial charge in [0.25, 0.3) is 0 Å². The van der Waals surface area contributed by atoms with E-state index in [1.165, 1.54) is 0 Å². The van der Waals surface area contributed by atoms with E-state index in [1.54, 1.807) is 0 Å². The highest BCUT2D eigenvalue weighted by molar-refractivity contribution is 5.76. The number of hydrogen-bond donors (Lipinski definition) is 0. The van der Waals surface area contributed by atoms with E-state index in [1.807, 2.05) is 36.4 Å². The summed E-state index contributed by atoms with van der Waals surface area (Å²) >= 11 is 0. The van der Waals surface area contributed by atoms with Crippen LogP contribution in [0.5, 0.6) is 0 Å². The smallest absolute Gasteiger partial charge is 0.201 e. The topological polar surface area (TPSA) is 26.0 Å². The van der Waals surface area contributed by atoms with Gasteiger partial charge in [0.15, 0.2) is 5.76 Å². The van der Waals surface area contributed by atoms with Gasteiger partial charge in [0.05, 0.1) is 0 Å². The fourth-order valence-electron chi connectivity index (χ4n) is 2.71. The van der Waals surface area contributed by atoms with Crippen molar-refractivity contribution in [3.8, 4) is 22.6 Å². The second-order valence-electron chi connectivity index (χ2n) is 6.20. The summed E-state index contributed by atoms with van der Waals surface area (Å²) in [7, 11) is 0. The maximum absolute atomic E-state index is 6.29. The second kappa shape index (κ2) is 6.41. The van der Waals surface area contributed by atoms with E-state index >= 15 is 0 Å². The first-order valence-corrected chi connectivity index (χ1v) is 8.30. The maximum atomic E-state index is 6.29. The zero-order valence-electron chi connectivity index (χ0n) is 14.0. The standard InChI is InChI=1S/C21H23NO/c1-4-21(3,5-2)20-22-18(16-12-8-6-9-13-16)19(23-20)17-14-10-7-11-15-17/h6-15H,4-5H2,1-3H3. The van der Waals surface area contributed by atoms with Crippen LogP contribution in [0.3, 0.4) is 0 Å². The Balaban J connectivity index is 2.19. The van der Waals surface area contributed by atoms with E-state index in [9.17, 15) is 0 Å². The third-order valence-electron chi connectivity index (χ3n) is 4.79. The molecule has 0 spiro atoms. The van der Waals surface area contributed by atoms with Crippen molar-refractivity contribution in [1.82, 2.24) is 4.98 Å². The molecule has 0 aliphatic heterocycles. The Hall–Kier alpha value is -2.35. The lowest BCUT2D eigenvalue weighted by Gasteiger charge is -2.22. The summed E-state index contributed by atoms with van der Waals surface area (Å²) in [5.41, 5.74) is 3.06. The van der Waals surface area contributed by atoms with Crippen LogP contribution in [-0.2, 0) is 5.41 Å². The molecule has 0 atom stereocenters. The highest BCUT2D eigenvalue weighted by Gasteiger charge is 2.30. The van der Waals surface area contributed by atoms with Gasteiger partial charge in [0.2, 0.25) is 5.89 Å². The van der Waals surface area contributed by atoms with Gasteiger partial charge in [-0.3, -0.25) is 0 Å². The molecule has 0 amide bonds. The van der Waals surface area contributed by atoms with Crippen LogP contribution in [0.4, 0.5) is 0 Å². The summed E-state index contributed by atoms with van der Waals surface area (Å²) in [6.45, 7) is 6.61. The second-order valence-corrected chi connectivity index (χ2v) is 6.20. The predicted octanol–water partition coefficient (Wildman–Crippen LogP) is 6.09. The van der Waals surface area contributed by atoms with Crippen molar-refractivity contribution in [1.29, 1.82) is 0 Å². The molecule has 0 unspecified atom stereocenters. The Bertz CT molecular complexity index is 698. The lowest BCUT2D eigenvalue weighted by molar-refractivity contribution is 0.329. The normalized spacial score (nSPS) is 11.6. The van der Waals surface area contributed by atoms with Crippen molar-refractivity contribution in [3.05, 3.63) is 66.6 Å². The largest absolute Gasteiger partial charge is 0.439 e. The quantitative estimate of drug-likeness (QED) is 0.570. The third kappa shape index (κ3) is 2.94. The Morgan fingerprint density at radius 3 is 1.87 bits per heavy atom. The summed E-state index contributed by atoms with van der Waals surface area (Å²) in [6.07, 6.45) is 2.01. The molecule has 23 heavy (non-hydrogen) atoms. The Morgan fingerprint density at radius 2 is 1.35 bits per heavy atom. The van der Waals surface area contributed by atoms with Crippen LogP contribution in [0.2, 0.25) is 0 Å². The molecule has 0 fully saturated rings. The van der Waals surface area contributed by atoms with Crippen LogP contribution >= 0.6 is 0 Å². The molecule has 0 radical (unpaired) electrons. The minimum Gasteiger partial charge on any atom is -0.439 e. The fraction of sp³-hybridized carbons (Fsp3) is 0.286. The first kappa shape index (κ1) is 15.5. The molecule has 118 valence electrons. The Morgan fingerprint density at radius 1 is 0.826 bits per heavy atom. The Labute approximate surface area is 138 Å². The minimum atomic E-state index is -0.0312. The number of aromatic nitrogens is 1. The van der Waals surface area contributed by atoms with Gasteiger partial charge in [-0.1, -0.05) is 81.4 Å². The van der Waals surface area contributed by atoms with Crippen LogP contribution in [0.1, 0.15) is 39.5 Å². The molecule has 0 saturated carbocycles. The van der Waals surface area contributed by atoms with Crippen molar-refractivity contribution >= 4 is 0 Å². The van der Waals surface area contributed by atoms with Gasteiger partial charge in [0.1, 0.15) is 5.69 Å². The van der Waals surface area contributed by atoms with E-state index < -0.39 is 0 Å². The molecule has 0 saturated heterocycles. The molecule has 1 aromatic heterocycles. The van der Waals surface area contributed by atoms with Gasteiger partial charge < -0.3 is 4.42 Å². The lowest BCUT2D eigenvalue weighted by Crippen LogP contribution is -2.19. The van der Waals surface area contributed by atoms with E-state index in [4.69, 9.17) is 9.40 Å². The number of hydrogen-bond acceptors (Lipinski definition) is 2. The molecule has 3 rings (SSSR count). The third-order valence-corrected chi connectivity index (χ3v) is 4.79. The van der Waals surface area contributed by atoms with Crippen LogP contribution in [0.25, 0.3) is 22.6 Å². The van der Waals surface area contributed by atoms with E-state index in [-0.39, 0.29) is 5.41 Å². The van der Waals surface area contributed by atoms with Crippen molar-refractivity contribution in [3.63, 3.8) is 0 Å². The molecule has 3 aromatic rings. The minimum absolute atomic E-state index is 0.0312. The summed E-state index contributed by atoms with van der Waals surface area (Å²) < 4.78 is 6.29. The summed E-state index contributed by atoms with van der Waals surface area (Å²) in [5.74, 6) is 1.69. The van der Waals surface area contributed by atoms with Crippen LogP contribution < -0.4 is 0 Å². The van der Waals surface area contributed by atoms with Crippen molar-refractivity contribution in [2.45, 2.75) is 39.0 Å². The molecule has 0 N–H and O–H groups in total. The average Bonchev–Trinajstić information content (AvgIpc) is 3.08. The molecule has 2 heteroatoms. The number of rotatable bonds is 5. The molecular formula is C21H23NO. The summed E-state index contributed by atoms with van der Waals surface area (Å²) in [5, 5.41) is 0. The molecule has 0 bridgehead atoms. The van der Waals surface area contributed by atoms with Crippen LogP contribution in [0.15, 0.2) is 65.1 Å². The van der Waals surface area contributed by atoms with E-state index in [0.29, 0.717) is 0 Å². The Kier molecular flexibility index (Phi) is 4.33. The monoisotopic (exact) mass is 305 g/mol. The molecule has 0 aliphatic carbocycles. The molecule has 0 aliphatic rings. The molecular weight excluding hydrogens is 282 g/mol. The number of benzene rings is 2. The first-order chi connectivity index (χ1) is 11.2. The number of nitrogens with zero attached hydrogens (tertiary/aromatic N) is 1. The van der Waals surface area contributed by atoms with Crippen LogP contribution in [-0.4, -0.2) is 4.98 Å². The van der Waals surface area contributed by atoms with Gasteiger partial charge in [-0.05, 0) is 12.8 Å². The van der Waals surface area contributed by atoms with Crippen LogP contribution in [0, 0.1) is 0 Å². The van der Waals surface area contributed by atoms with Gasteiger partial charge in [-0.15, -0.1) is 0 Å². The predicted molar refractivity (Wildman–Crippen MR) is 95.3 cm³/mol. The maximum Gasteiger partial charge on any atom is 0.201 e. The SMILES string of the molecule is CCC(C)(CC)c1nc(-c2ccccc2)c(-c2ccccc2)o1. The highest BCUT2D eigenvalue weighted by atomic mass is 16.4. The first-order valence-electron chi connectivity index (χ1n) is 8.30. The van der Waals surface area contributed by atoms with Crippen molar-refractivity contribution in [2.24, 2.45) is 0 Å². The fourth-order valence-corrected chi connectivity index (χ4v) is 2.71. The van der Waals surface area contributed by atoms with E-state index in [2.05, 4.69) is 45.0 Å². The highest BCUT2D eigenvalue weighted by Crippen LogP contribution is 2.38. The summed E-state index contributed by atoms with van der Waals surface area (Å²) in [6, 6.07) is 20.5. The molecule has 1 heterocycles. The van der Waals surface area contributed by atoms with Crippen molar-refractivity contribution in [2.75, 3.05) is 0 Å².